The maximum absolute atomic E-state index is 6.51. The molecule has 1 aromatic heterocycles. The minimum atomic E-state index is 0.104. The summed E-state index contributed by atoms with van der Waals surface area (Å²) in [6.07, 6.45) is 1.83. The predicted molar refractivity (Wildman–Crippen MR) is 91.4 cm³/mol. The molecule has 1 aromatic carbocycles. The fraction of sp³-hybridized carbons (Fsp3) is 0.438. The third kappa shape index (κ3) is 2.83. The van der Waals surface area contributed by atoms with Gasteiger partial charge in [0.15, 0.2) is 0 Å². The summed E-state index contributed by atoms with van der Waals surface area (Å²) in [6, 6.07) is 10.6. The summed E-state index contributed by atoms with van der Waals surface area (Å²) in [5, 5.41) is 3.08. The van der Waals surface area contributed by atoms with Gasteiger partial charge in [-0.1, -0.05) is 26.0 Å². The number of nitrogens with two attached hydrogens (primary N) is 1. The van der Waals surface area contributed by atoms with Crippen LogP contribution in [-0.4, -0.2) is 26.5 Å². The van der Waals surface area contributed by atoms with E-state index in [0.29, 0.717) is 10.5 Å². The Labute approximate surface area is 128 Å². The topological polar surface area (TPSA) is 38.9 Å². The Kier molecular flexibility index (Phi) is 4.24. The Morgan fingerprint density at radius 3 is 2.90 bits per heavy atom. The Bertz CT molecular complexity index is 602. The highest BCUT2D eigenvalue weighted by Gasteiger charge is 2.30. The summed E-state index contributed by atoms with van der Waals surface area (Å²) in [7, 11) is 0. The number of benzene rings is 1. The number of rotatable bonds is 2. The van der Waals surface area contributed by atoms with Crippen molar-refractivity contribution >= 4 is 34.4 Å². The zero-order chi connectivity index (χ0) is 14.1. The molecular formula is C16H20N2S2. The van der Waals surface area contributed by atoms with Gasteiger partial charge in [0.1, 0.15) is 0 Å². The summed E-state index contributed by atoms with van der Waals surface area (Å²) in [4.78, 5) is 4.37. The molecule has 2 N–H and O–H groups in total. The first kappa shape index (κ1) is 14.2. The standard InChI is InChI=1S/C16H20N2S2/c1-10-11(2)20-15(9-19-10)16(17)13-5-6-14-12(8-13)4-3-7-18-14/h3-8,10-11,15-16H,9,17H2,1-2H3. The minimum absolute atomic E-state index is 0.104. The van der Waals surface area contributed by atoms with E-state index in [4.69, 9.17) is 5.73 Å². The van der Waals surface area contributed by atoms with Crippen molar-refractivity contribution in [2.75, 3.05) is 5.75 Å². The van der Waals surface area contributed by atoms with Crippen molar-refractivity contribution in [1.29, 1.82) is 0 Å². The molecule has 0 radical (unpaired) electrons. The normalized spacial score (nSPS) is 28.4. The van der Waals surface area contributed by atoms with Gasteiger partial charge >= 0.3 is 0 Å². The number of nitrogens with zero attached hydrogens (tertiary/aromatic N) is 1. The molecule has 3 rings (SSSR count). The monoisotopic (exact) mass is 304 g/mol. The molecule has 4 unspecified atom stereocenters. The number of pyridine rings is 1. The van der Waals surface area contributed by atoms with Crippen LogP contribution in [0.5, 0.6) is 0 Å². The highest BCUT2D eigenvalue weighted by Crippen LogP contribution is 2.40. The SMILES string of the molecule is CC1SCC(C(N)c2ccc3ncccc3c2)SC1C. The molecule has 0 amide bonds. The van der Waals surface area contributed by atoms with Crippen molar-refractivity contribution < 1.29 is 0 Å². The molecule has 2 aromatic rings. The van der Waals surface area contributed by atoms with E-state index >= 15 is 0 Å². The largest absolute Gasteiger partial charge is 0.323 e. The van der Waals surface area contributed by atoms with Gasteiger partial charge in [-0.05, 0) is 23.8 Å². The van der Waals surface area contributed by atoms with E-state index in [1.165, 1.54) is 10.9 Å². The van der Waals surface area contributed by atoms with Crippen LogP contribution in [0.15, 0.2) is 36.5 Å². The van der Waals surface area contributed by atoms with Gasteiger partial charge in [0.25, 0.3) is 0 Å². The second kappa shape index (κ2) is 5.96. The van der Waals surface area contributed by atoms with Crippen LogP contribution in [0.2, 0.25) is 0 Å². The third-order valence-corrected chi connectivity index (χ3v) is 7.50. The fourth-order valence-corrected chi connectivity index (χ4v) is 5.56. The Morgan fingerprint density at radius 1 is 1.25 bits per heavy atom. The molecule has 0 saturated carbocycles. The van der Waals surface area contributed by atoms with Gasteiger partial charge in [0.05, 0.1) is 5.52 Å². The van der Waals surface area contributed by atoms with Crippen LogP contribution >= 0.6 is 23.5 Å². The second-order valence-electron chi connectivity index (χ2n) is 5.40. The first-order chi connectivity index (χ1) is 9.65. The van der Waals surface area contributed by atoms with Crippen molar-refractivity contribution in [2.45, 2.75) is 35.6 Å². The molecule has 2 nitrogen and oxygen atoms in total. The maximum atomic E-state index is 6.51. The smallest absolute Gasteiger partial charge is 0.0702 e. The number of aromatic nitrogens is 1. The summed E-state index contributed by atoms with van der Waals surface area (Å²) in [6.45, 7) is 4.62. The Balaban J connectivity index is 1.83. The molecule has 1 fully saturated rings. The number of fused-ring (bicyclic) bond motifs is 1. The lowest BCUT2D eigenvalue weighted by Crippen LogP contribution is -2.34. The molecule has 106 valence electrons. The van der Waals surface area contributed by atoms with E-state index in [9.17, 15) is 0 Å². The van der Waals surface area contributed by atoms with Gasteiger partial charge in [0, 0.05) is 39.1 Å². The number of hydrogen-bond donors (Lipinski definition) is 1. The molecular weight excluding hydrogens is 284 g/mol. The van der Waals surface area contributed by atoms with Crippen LogP contribution in [0.4, 0.5) is 0 Å². The summed E-state index contributed by atoms with van der Waals surface area (Å²) in [5.74, 6) is 1.14. The van der Waals surface area contributed by atoms with Crippen LogP contribution in [-0.2, 0) is 0 Å². The van der Waals surface area contributed by atoms with Gasteiger partial charge in [-0.2, -0.15) is 23.5 Å². The van der Waals surface area contributed by atoms with Crippen molar-refractivity contribution in [3.63, 3.8) is 0 Å². The molecule has 1 aliphatic rings. The minimum Gasteiger partial charge on any atom is -0.323 e. The van der Waals surface area contributed by atoms with Gasteiger partial charge in [-0.25, -0.2) is 0 Å². The van der Waals surface area contributed by atoms with E-state index in [1.807, 2.05) is 35.8 Å². The van der Waals surface area contributed by atoms with Crippen molar-refractivity contribution in [3.05, 3.63) is 42.1 Å². The van der Waals surface area contributed by atoms with E-state index in [1.54, 1.807) is 0 Å². The summed E-state index contributed by atoms with van der Waals surface area (Å²) >= 11 is 4.09. The van der Waals surface area contributed by atoms with Crippen molar-refractivity contribution in [2.24, 2.45) is 5.73 Å². The van der Waals surface area contributed by atoms with E-state index in [-0.39, 0.29) is 6.04 Å². The molecule has 0 aliphatic carbocycles. The van der Waals surface area contributed by atoms with Crippen LogP contribution in [0, 0.1) is 0 Å². The molecule has 1 aliphatic heterocycles. The predicted octanol–water partition coefficient (Wildman–Crippen LogP) is 3.86. The van der Waals surface area contributed by atoms with Gasteiger partial charge in [-0.15, -0.1) is 0 Å². The molecule has 0 bridgehead atoms. The lowest BCUT2D eigenvalue weighted by atomic mass is 10.0. The van der Waals surface area contributed by atoms with Crippen molar-refractivity contribution in [3.8, 4) is 0 Å². The first-order valence-corrected chi connectivity index (χ1v) is 9.01. The lowest BCUT2D eigenvalue weighted by molar-refractivity contribution is 0.708. The van der Waals surface area contributed by atoms with Crippen LogP contribution in [0.1, 0.15) is 25.5 Å². The second-order valence-corrected chi connectivity index (χ2v) is 8.43. The zero-order valence-corrected chi connectivity index (χ0v) is 13.5. The lowest BCUT2D eigenvalue weighted by Gasteiger charge is -2.34. The number of thioether (sulfide) groups is 2. The fourth-order valence-electron chi connectivity index (χ4n) is 2.51. The zero-order valence-electron chi connectivity index (χ0n) is 11.8. The van der Waals surface area contributed by atoms with Gasteiger partial charge in [0.2, 0.25) is 0 Å². The van der Waals surface area contributed by atoms with E-state index in [0.717, 1.165) is 16.5 Å². The Morgan fingerprint density at radius 2 is 2.10 bits per heavy atom. The summed E-state index contributed by atoms with van der Waals surface area (Å²) in [5.41, 5.74) is 8.78. The maximum Gasteiger partial charge on any atom is 0.0702 e. The van der Waals surface area contributed by atoms with Crippen LogP contribution < -0.4 is 5.73 Å². The quantitative estimate of drug-likeness (QED) is 0.914. The third-order valence-electron chi connectivity index (χ3n) is 3.99. The highest BCUT2D eigenvalue weighted by molar-refractivity contribution is 8.07. The van der Waals surface area contributed by atoms with Crippen molar-refractivity contribution in [1.82, 2.24) is 4.98 Å². The molecule has 20 heavy (non-hydrogen) atoms. The Hall–Kier alpha value is -0.710. The van der Waals surface area contributed by atoms with Gasteiger partial charge in [-0.3, -0.25) is 4.98 Å². The van der Waals surface area contributed by atoms with Crippen LogP contribution in [0.25, 0.3) is 10.9 Å². The molecule has 2 heterocycles. The highest BCUT2D eigenvalue weighted by atomic mass is 32.2. The molecule has 0 spiro atoms. The average Bonchev–Trinajstić information content (AvgIpc) is 2.49. The number of hydrogen-bond acceptors (Lipinski definition) is 4. The molecule has 1 saturated heterocycles. The molecule has 4 atom stereocenters. The first-order valence-electron chi connectivity index (χ1n) is 7.02. The summed E-state index contributed by atoms with van der Waals surface area (Å²) < 4.78 is 0. The molecule has 4 heteroatoms. The van der Waals surface area contributed by atoms with E-state index < -0.39 is 0 Å². The van der Waals surface area contributed by atoms with Gasteiger partial charge < -0.3 is 5.73 Å². The van der Waals surface area contributed by atoms with Crippen LogP contribution in [0.3, 0.4) is 0 Å². The average molecular weight is 304 g/mol. The van der Waals surface area contributed by atoms with E-state index in [2.05, 4.69) is 43.1 Å².